The molecule has 0 saturated heterocycles. The van der Waals surface area contributed by atoms with Gasteiger partial charge in [-0.25, -0.2) is 9.37 Å². The van der Waals surface area contributed by atoms with Crippen molar-refractivity contribution in [3.63, 3.8) is 0 Å². The van der Waals surface area contributed by atoms with Gasteiger partial charge in [-0.3, -0.25) is 4.79 Å². The molecule has 0 aliphatic carbocycles. The molecular weight excluding hydrogens is 451 g/mol. The second-order valence-corrected chi connectivity index (χ2v) is 8.53. The van der Waals surface area contributed by atoms with Gasteiger partial charge in [0.1, 0.15) is 17.3 Å². The van der Waals surface area contributed by atoms with Crippen LogP contribution in [0.15, 0.2) is 51.6 Å². The zero-order valence-corrected chi connectivity index (χ0v) is 18.9. The smallest absolute Gasteiger partial charge is 0.259 e. The minimum atomic E-state index is -0.427. The van der Waals surface area contributed by atoms with Gasteiger partial charge < -0.3 is 18.8 Å². The van der Waals surface area contributed by atoms with Crippen LogP contribution in [0.1, 0.15) is 41.1 Å². The molecule has 0 atom stereocenters. The number of carbonyl (C=O) groups is 1. The van der Waals surface area contributed by atoms with Crippen molar-refractivity contribution in [2.24, 2.45) is 0 Å². The van der Waals surface area contributed by atoms with Crippen LogP contribution in [0.5, 0.6) is 0 Å². The summed E-state index contributed by atoms with van der Waals surface area (Å²) in [4.78, 5) is 17.8. The molecule has 4 aromatic heterocycles. The number of nitrogens with one attached hydrogen (secondary N) is 1. The Morgan fingerprint density at radius 3 is 2.91 bits per heavy atom. The highest BCUT2D eigenvalue weighted by Gasteiger charge is 2.22. The van der Waals surface area contributed by atoms with E-state index < -0.39 is 11.7 Å². The maximum atomic E-state index is 14.9. The molecule has 0 spiro atoms. The van der Waals surface area contributed by atoms with Crippen LogP contribution in [0.25, 0.3) is 33.9 Å². The summed E-state index contributed by atoms with van der Waals surface area (Å²) in [5, 5.41) is 15.9. The molecule has 0 radical (unpaired) electrons. The van der Waals surface area contributed by atoms with Gasteiger partial charge in [0.05, 0.1) is 28.5 Å². The molecule has 10 heteroatoms. The highest BCUT2D eigenvalue weighted by atomic mass is 19.1. The van der Waals surface area contributed by atoms with Crippen molar-refractivity contribution in [2.45, 2.75) is 39.2 Å². The third-order valence-electron chi connectivity index (χ3n) is 6.21. The first-order valence-electron chi connectivity index (χ1n) is 11.4. The van der Waals surface area contributed by atoms with Crippen LogP contribution in [-0.4, -0.2) is 30.8 Å². The van der Waals surface area contributed by atoms with E-state index in [4.69, 9.17) is 8.94 Å². The summed E-state index contributed by atoms with van der Waals surface area (Å²) in [5.74, 6) is 0.986. The molecule has 9 nitrogen and oxygen atoms in total. The third-order valence-corrected chi connectivity index (χ3v) is 6.21. The third kappa shape index (κ3) is 3.76. The van der Waals surface area contributed by atoms with Crippen LogP contribution in [0.4, 0.5) is 10.1 Å². The van der Waals surface area contributed by atoms with Gasteiger partial charge in [-0.15, -0.1) is 10.2 Å². The lowest BCUT2D eigenvalue weighted by atomic mass is 10.1. The van der Waals surface area contributed by atoms with E-state index in [0.717, 1.165) is 38.1 Å². The first-order valence-corrected chi connectivity index (χ1v) is 11.4. The normalized spacial score (nSPS) is 13.5. The van der Waals surface area contributed by atoms with Gasteiger partial charge in [-0.2, -0.15) is 0 Å². The molecule has 1 amide bonds. The standard InChI is InChI=1S/C25H21FN6O3/c1-14-22-17(13-19(20-6-5-11-34-20)28-25(22)35-31-14)24(33)27-15-8-9-18(26)16(12-15)23-30-29-21-7-3-2-4-10-32(21)23/h5-6,8-9,11-13H,2-4,7,10H2,1H3,(H,27,33). The highest BCUT2D eigenvalue weighted by molar-refractivity contribution is 6.13. The number of aryl methyl sites for hydroxylation is 2. The molecule has 5 heterocycles. The largest absolute Gasteiger partial charge is 0.463 e. The van der Waals surface area contributed by atoms with Gasteiger partial charge in [0.2, 0.25) is 0 Å². The number of pyridine rings is 1. The summed E-state index contributed by atoms with van der Waals surface area (Å²) in [6.45, 7) is 2.48. The number of nitrogens with zero attached hydrogens (tertiary/aromatic N) is 5. The van der Waals surface area contributed by atoms with E-state index >= 15 is 0 Å². The fraction of sp³-hybridized carbons (Fsp3) is 0.240. The summed E-state index contributed by atoms with van der Waals surface area (Å²) in [7, 11) is 0. The zero-order chi connectivity index (χ0) is 23.9. The Morgan fingerprint density at radius 2 is 2.06 bits per heavy atom. The number of furan rings is 1. The Hall–Kier alpha value is -4.34. The summed E-state index contributed by atoms with van der Waals surface area (Å²) < 4.78 is 27.6. The van der Waals surface area contributed by atoms with Crippen molar-refractivity contribution in [1.82, 2.24) is 24.9 Å². The van der Waals surface area contributed by atoms with Crippen molar-refractivity contribution in [3.05, 3.63) is 65.6 Å². The second kappa shape index (κ2) is 8.46. The lowest BCUT2D eigenvalue weighted by molar-refractivity contribution is 0.102. The number of aromatic nitrogens is 5. The van der Waals surface area contributed by atoms with Crippen LogP contribution in [0, 0.1) is 12.7 Å². The molecule has 5 aromatic rings. The maximum Gasteiger partial charge on any atom is 0.259 e. The second-order valence-electron chi connectivity index (χ2n) is 8.53. The Labute approximate surface area is 199 Å². The lowest BCUT2D eigenvalue weighted by Crippen LogP contribution is -2.13. The average molecular weight is 472 g/mol. The van der Waals surface area contributed by atoms with Crippen molar-refractivity contribution < 1.29 is 18.1 Å². The fourth-order valence-electron chi connectivity index (χ4n) is 4.48. The molecule has 1 N–H and O–H groups in total. The van der Waals surface area contributed by atoms with E-state index in [1.165, 1.54) is 18.4 Å². The first kappa shape index (κ1) is 21.2. The minimum absolute atomic E-state index is 0.229. The molecule has 6 rings (SSSR count). The number of rotatable bonds is 4. The number of hydrogen-bond donors (Lipinski definition) is 1. The van der Waals surface area contributed by atoms with Gasteiger partial charge in [0, 0.05) is 18.7 Å². The average Bonchev–Trinajstić information content (AvgIpc) is 3.58. The zero-order valence-electron chi connectivity index (χ0n) is 18.9. The van der Waals surface area contributed by atoms with Gasteiger partial charge in [-0.05, 0) is 56.2 Å². The molecule has 0 fully saturated rings. The van der Waals surface area contributed by atoms with Crippen LogP contribution in [0.2, 0.25) is 0 Å². The van der Waals surface area contributed by atoms with Gasteiger partial charge in [-0.1, -0.05) is 11.6 Å². The Balaban J connectivity index is 1.37. The van der Waals surface area contributed by atoms with E-state index in [1.54, 1.807) is 31.2 Å². The van der Waals surface area contributed by atoms with Crippen molar-refractivity contribution in [3.8, 4) is 22.8 Å². The lowest BCUT2D eigenvalue weighted by Gasteiger charge is -2.11. The molecule has 0 bridgehead atoms. The number of fused-ring (bicyclic) bond motifs is 2. The van der Waals surface area contributed by atoms with Crippen LogP contribution >= 0.6 is 0 Å². The predicted molar refractivity (Wildman–Crippen MR) is 125 cm³/mol. The predicted octanol–water partition coefficient (Wildman–Crippen LogP) is 5.17. The SMILES string of the molecule is Cc1noc2nc(-c3ccco3)cc(C(=O)Nc3ccc(F)c(-c4nnc5n4CCCCC5)c3)c12. The number of halogens is 1. The number of hydrogen-bond acceptors (Lipinski definition) is 7. The first-order chi connectivity index (χ1) is 17.1. The van der Waals surface area contributed by atoms with Crippen molar-refractivity contribution in [2.75, 3.05) is 5.32 Å². The fourth-order valence-corrected chi connectivity index (χ4v) is 4.48. The van der Waals surface area contributed by atoms with Crippen molar-refractivity contribution in [1.29, 1.82) is 0 Å². The molecule has 0 saturated carbocycles. The minimum Gasteiger partial charge on any atom is -0.463 e. The summed E-state index contributed by atoms with van der Waals surface area (Å²) in [6.07, 6.45) is 5.48. The molecule has 1 aliphatic heterocycles. The monoisotopic (exact) mass is 472 g/mol. The highest BCUT2D eigenvalue weighted by Crippen LogP contribution is 2.30. The molecule has 176 valence electrons. The Bertz CT molecular complexity index is 1550. The van der Waals surface area contributed by atoms with E-state index in [1.807, 2.05) is 4.57 Å². The molecule has 1 aliphatic rings. The number of anilines is 1. The quantitative estimate of drug-likeness (QED) is 0.384. The number of amides is 1. The Morgan fingerprint density at radius 1 is 1.14 bits per heavy atom. The summed E-state index contributed by atoms with van der Waals surface area (Å²) >= 11 is 0. The molecule has 1 aromatic carbocycles. The van der Waals surface area contributed by atoms with E-state index in [-0.39, 0.29) is 5.71 Å². The summed E-state index contributed by atoms with van der Waals surface area (Å²) in [6, 6.07) is 9.53. The van der Waals surface area contributed by atoms with E-state index in [2.05, 4.69) is 25.7 Å². The van der Waals surface area contributed by atoms with Crippen LogP contribution < -0.4 is 5.32 Å². The maximum absolute atomic E-state index is 14.9. The van der Waals surface area contributed by atoms with Gasteiger partial charge in [0.15, 0.2) is 11.6 Å². The summed E-state index contributed by atoms with van der Waals surface area (Å²) in [5.41, 5.74) is 2.25. The van der Waals surface area contributed by atoms with E-state index in [0.29, 0.717) is 45.2 Å². The van der Waals surface area contributed by atoms with Crippen LogP contribution in [-0.2, 0) is 13.0 Å². The van der Waals surface area contributed by atoms with Gasteiger partial charge >= 0.3 is 0 Å². The molecule has 35 heavy (non-hydrogen) atoms. The molecule has 0 unspecified atom stereocenters. The van der Waals surface area contributed by atoms with Gasteiger partial charge in [0.25, 0.3) is 11.6 Å². The molecular formula is C25H21FN6O3. The van der Waals surface area contributed by atoms with E-state index in [9.17, 15) is 9.18 Å². The number of benzene rings is 1. The van der Waals surface area contributed by atoms with Crippen LogP contribution in [0.3, 0.4) is 0 Å². The number of carbonyl (C=O) groups excluding carboxylic acids is 1. The topological polar surface area (TPSA) is 112 Å². The Kier molecular flexibility index (Phi) is 5.13. The van der Waals surface area contributed by atoms with Crippen molar-refractivity contribution >= 4 is 22.7 Å².